The van der Waals surface area contributed by atoms with Crippen molar-refractivity contribution in [3.8, 4) is 17.4 Å². The van der Waals surface area contributed by atoms with Gasteiger partial charge in [-0.05, 0) is 13.0 Å². The first kappa shape index (κ1) is 14.7. The van der Waals surface area contributed by atoms with Crippen LogP contribution < -0.4 is 9.47 Å². The molecule has 0 aliphatic heterocycles. The molecule has 20 heavy (non-hydrogen) atoms. The maximum atomic E-state index is 11.1. The Hall–Kier alpha value is -1.72. The number of aldehydes is 1. The van der Waals surface area contributed by atoms with E-state index >= 15 is 0 Å². The van der Waals surface area contributed by atoms with Gasteiger partial charge in [-0.3, -0.25) is 4.79 Å². The Bertz CT molecular complexity index is 668. The largest absolute Gasteiger partial charge is 0.495 e. The number of rotatable bonds is 4. The third-order valence-electron chi connectivity index (χ3n) is 2.74. The van der Waals surface area contributed by atoms with Crippen LogP contribution in [-0.2, 0) is 7.05 Å². The third kappa shape index (κ3) is 2.59. The van der Waals surface area contributed by atoms with Crippen molar-refractivity contribution in [1.82, 2.24) is 9.78 Å². The summed E-state index contributed by atoms with van der Waals surface area (Å²) in [6.07, 6.45) is 0.693. The van der Waals surface area contributed by atoms with Gasteiger partial charge in [0.2, 0.25) is 5.88 Å². The molecule has 2 aromatic rings. The average molecular weight is 315 g/mol. The minimum Gasteiger partial charge on any atom is -0.495 e. The highest BCUT2D eigenvalue weighted by Crippen LogP contribution is 2.38. The molecule has 1 aromatic heterocycles. The first-order valence-corrected chi connectivity index (χ1v) is 6.43. The summed E-state index contributed by atoms with van der Waals surface area (Å²) in [6.45, 7) is 1.72. The molecule has 0 bridgehead atoms. The number of nitrogens with zero attached hydrogens (tertiary/aromatic N) is 2. The number of carbonyl (C=O) groups excluding carboxylic acids is 1. The Morgan fingerprint density at radius 1 is 1.25 bits per heavy atom. The van der Waals surface area contributed by atoms with Crippen molar-refractivity contribution in [1.29, 1.82) is 0 Å². The molecule has 7 heteroatoms. The molecule has 0 N–H and O–H groups in total. The van der Waals surface area contributed by atoms with Crippen LogP contribution in [0.25, 0.3) is 0 Å². The summed E-state index contributed by atoms with van der Waals surface area (Å²) in [5.74, 6) is 1.07. The average Bonchev–Trinajstić information content (AvgIpc) is 2.66. The molecule has 0 fully saturated rings. The molecule has 0 spiro atoms. The van der Waals surface area contributed by atoms with Gasteiger partial charge >= 0.3 is 0 Å². The number of hydrogen-bond acceptors (Lipinski definition) is 4. The van der Waals surface area contributed by atoms with Gasteiger partial charge in [0, 0.05) is 13.1 Å². The minimum atomic E-state index is 0.309. The molecule has 1 aromatic carbocycles. The van der Waals surface area contributed by atoms with Crippen LogP contribution in [0.5, 0.6) is 17.4 Å². The molecule has 0 saturated carbocycles. The van der Waals surface area contributed by atoms with Gasteiger partial charge in [-0.2, -0.15) is 5.10 Å². The van der Waals surface area contributed by atoms with Gasteiger partial charge in [0.25, 0.3) is 0 Å². The van der Waals surface area contributed by atoms with Crippen LogP contribution in [0.4, 0.5) is 0 Å². The molecule has 5 nitrogen and oxygen atoms in total. The monoisotopic (exact) mass is 314 g/mol. The van der Waals surface area contributed by atoms with E-state index in [-0.39, 0.29) is 0 Å². The van der Waals surface area contributed by atoms with Crippen LogP contribution >= 0.6 is 23.2 Å². The number of halogens is 2. The van der Waals surface area contributed by atoms with Crippen LogP contribution in [0.1, 0.15) is 16.1 Å². The summed E-state index contributed by atoms with van der Waals surface area (Å²) in [5.41, 5.74) is 0.951. The smallest absolute Gasteiger partial charge is 0.228 e. The zero-order valence-corrected chi connectivity index (χ0v) is 12.6. The molecule has 0 amide bonds. The van der Waals surface area contributed by atoms with Crippen LogP contribution in [0, 0.1) is 6.92 Å². The minimum absolute atomic E-state index is 0.309. The number of hydrogen-bond donors (Lipinski definition) is 0. The summed E-state index contributed by atoms with van der Waals surface area (Å²) in [7, 11) is 3.17. The molecule has 0 atom stereocenters. The SMILES string of the molecule is COc1cc(Oc2c(C=O)c(C)nn2C)c(Cl)cc1Cl. The molecule has 2 rings (SSSR count). The van der Waals surface area contributed by atoms with Crippen LogP contribution in [0.15, 0.2) is 12.1 Å². The van der Waals surface area contributed by atoms with Gasteiger partial charge in [-0.25, -0.2) is 4.68 Å². The van der Waals surface area contributed by atoms with Gasteiger partial charge in [0.1, 0.15) is 5.75 Å². The number of aryl methyl sites for hydroxylation is 2. The van der Waals surface area contributed by atoms with Gasteiger partial charge in [-0.1, -0.05) is 23.2 Å². The zero-order chi connectivity index (χ0) is 14.9. The van der Waals surface area contributed by atoms with Crippen LogP contribution in [-0.4, -0.2) is 23.2 Å². The summed E-state index contributed by atoms with van der Waals surface area (Å²) in [6, 6.07) is 3.07. The van der Waals surface area contributed by atoms with Gasteiger partial charge in [-0.15, -0.1) is 0 Å². The van der Waals surface area contributed by atoms with E-state index < -0.39 is 0 Å². The maximum Gasteiger partial charge on any atom is 0.228 e. The van der Waals surface area contributed by atoms with E-state index in [0.717, 1.165) is 0 Å². The number of benzene rings is 1. The number of methoxy groups -OCH3 is 1. The van der Waals surface area contributed by atoms with E-state index in [4.69, 9.17) is 32.7 Å². The fourth-order valence-electron chi connectivity index (χ4n) is 1.76. The molecule has 0 radical (unpaired) electrons. The van der Waals surface area contributed by atoms with Crippen LogP contribution in [0.2, 0.25) is 10.0 Å². The highest BCUT2D eigenvalue weighted by Gasteiger charge is 2.17. The lowest BCUT2D eigenvalue weighted by Crippen LogP contribution is -1.98. The van der Waals surface area contributed by atoms with Crippen molar-refractivity contribution in [2.24, 2.45) is 7.05 Å². The predicted octanol–water partition coefficient (Wildman–Crippen LogP) is 3.65. The highest BCUT2D eigenvalue weighted by molar-refractivity contribution is 6.36. The zero-order valence-electron chi connectivity index (χ0n) is 11.1. The van der Waals surface area contributed by atoms with Crippen molar-refractivity contribution in [2.45, 2.75) is 6.92 Å². The summed E-state index contributed by atoms with van der Waals surface area (Å²) in [5, 5.41) is 4.82. The van der Waals surface area contributed by atoms with E-state index in [9.17, 15) is 4.79 Å². The summed E-state index contributed by atoms with van der Waals surface area (Å²) >= 11 is 12.0. The first-order valence-electron chi connectivity index (χ1n) is 5.67. The quantitative estimate of drug-likeness (QED) is 0.808. The Balaban J connectivity index is 2.47. The topological polar surface area (TPSA) is 53.4 Å². The summed E-state index contributed by atoms with van der Waals surface area (Å²) < 4.78 is 12.3. The van der Waals surface area contributed by atoms with Crippen molar-refractivity contribution >= 4 is 29.5 Å². The second-order valence-electron chi connectivity index (χ2n) is 4.06. The molecular formula is C13H12Cl2N2O3. The molecule has 0 aliphatic carbocycles. The van der Waals surface area contributed by atoms with E-state index in [1.807, 2.05) is 0 Å². The van der Waals surface area contributed by atoms with Crippen molar-refractivity contribution < 1.29 is 14.3 Å². The Labute approximate surface area is 126 Å². The normalized spacial score (nSPS) is 10.4. The predicted molar refractivity (Wildman–Crippen MR) is 76.4 cm³/mol. The lowest BCUT2D eigenvalue weighted by Gasteiger charge is -2.11. The van der Waals surface area contributed by atoms with E-state index in [1.165, 1.54) is 17.9 Å². The van der Waals surface area contributed by atoms with Crippen molar-refractivity contribution in [2.75, 3.05) is 7.11 Å². The molecule has 1 heterocycles. The standard InChI is InChI=1S/C13H12Cl2N2O3/c1-7-8(6-18)13(17(2)16-7)20-12-5-11(19-3)9(14)4-10(12)15/h4-6H,1-3H3. The fraction of sp³-hybridized carbons (Fsp3) is 0.231. The number of aromatic nitrogens is 2. The maximum absolute atomic E-state index is 11.1. The second-order valence-corrected chi connectivity index (χ2v) is 4.88. The number of ether oxygens (including phenoxy) is 2. The van der Waals surface area contributed by atoms with E-state index in [1.54, 1.807) is 20.0 Å². The Morgan fingerprint density at radius 2 is 1.90 bits per heavy atom. The van der Waals surface area contributed by atoms with Gasteiger partial charge in [0.05, 0.1) is 28.4 Å². The Kier molecular flexibility index (Phi) is 4.20. The van der Waals surface area contributed by atoms with Gasteiger partial charge < -0.3 is 9.47 Å². The van der Waals surface area contributed by atoms with Crippen molar-refractivity contribution in [3.05, 3.63) is 33.4 Å². The highest BCUT2D eigenvalue weighted by atomic mass is 35.5. The van der Waals surface area contributed by atoms with E-state index in [2.05, 4.69) is 5.10 Å². The third-order valence-corrected chi connectivity index (χ3v) is 3.34. The van der Waals surface area contributed by atoms with Crippen molar-refractivity contribution in [3.63, 3.8) is 0 Å². The first-order chi connectivity index (χ1) is 9.47. The molecule has 0 saturated heterocycles. The molecule has 0 aliphatic rings. The van der Waals surface area contributed by atoms with Gasteiger partial charge in [0.15, 0.2) is 12.0 Å². The van der Waals surface area contributed by atoms with Crippen LogP contribution in [0.3, 0.4) is 0 Å². The fourth-order valence-corrected chi connectivity index (χ4v) is 2.26. The summed E-state index contributed by atoms with van der Waals surface area (Å²) in [4.78, 5) is 11.1. The lowest BCUT2D eigenvalue weighted by molar-refractivity contribution is 0.112. The van der Waals surface area contributed by atoms with E-state index in [0.29, 0.717) is 45.0 Å². The Morgan fingerprint density at radius 3 is 2.50 bits per heavy atom. The number of carbonyl (C=O) groups is 1. The lowest BCUT2D eigenvalue weighted by atomic mass is 10.3. The molecular weight excluding hydrogens is 303 g/mol. The second kappa shape index (κ2) is 5.73. The molecule has 0 unspecified atom stereocenters. The molecule has 106 valence electrons.